The van der Waals surface area contributed by atoms with Gasteiger partial charge in [0.05, 0.1) is 12.0 Å². The first-order valence-corrected chi connectivity index (χ1v) is 7.69. The molecule has 0 aromatic carbocycles. The van der Waals surface area contributed by atoms with Crippen LogP contribution < -0.4 is 0 Å². The second kappa shape index (κ2) is 6.23. The average molecular weight is 300 g/mol. The van der Waals surface area contributed by atoms with E-state index in [0.29, 0.717) is 26.1 Å². The van der Waals surface area contributed by atoms with Crippen LogP contribution in [0.2, 0.25) is 0 Å². The number of nitrogens with zero attached hydrogens (tertiary/aromatic N) is 1. The summed E-state index contributed by atoms with van der Waals surface area (Å²) in [6.07, 6.45) is 0.876. The first kappa shape index (κ1) is 18.4. The number of ether oxygens (including phenoxy) is 2. The molecule has 0 spiro atoms. The first-order chi connectivity index (χ1) is 9.42. The van der Waals surface area contributed by atoms with Gasteiger partial charge < -0.3 is 9.47 Å². The van der Waals surface area contributed by atoms with E-state index in [4.69, 9.17) is 9.47 Å². The van der Waals surface area contributed by atoms with Crippen LogP contribution in [-0.4, -0.2) is 41.4 Å². The molecule has 1 aliphatic rings. The molecule has 1 saturated heterocycles. The summed E-state index contributed by atoms with van der Waals surface area (Å²) in [6.45, 7) is 14.0. The molecular weight excluding hydrogens is 270 g/mol. The van der Waals surface area contributed by atoms with Crippen LogP contribution in [0.4, 0.5) is 0 Å². The average Bonchev–Trinajstić information content (AvgIpc) is 2.32. The normalized spacial score (nSPS) is 23.0. The van der Waals surface area contributed by atoms with E-state index >= 15 is 0 Å². The van der Waals surface area contributed by atoms with Crippen molar-refractivity contribution in [2.75, 3.05) is 13.2 Å². The maximum Gasteiger partial charge on any atom is 0.314 e. The highest BCUT2D eigenvalue weighted by atomic mass is 16.6. The Kier molecular flexibility index (Phi) is 5.45. The molecule has 0 amide bonds. The summed E-state index contributed by atoms with van der Waals surface area (Å²) < 4.78 is 11.0. The molecule has 5 nitrogen and oxygen atoms in total. The van der Waals surface area contributed by atoms with Gasteiger partial charge in [-0.15, -0.1) is 10.3 Å². The highest BCUT2D eigenvalue weighted by Gasteiger charge is 2.48. The zero-order chi connectivity index (χ0) is 16.5. The maximum absolute atomic E-state index is 12.3. The molecule has 1 aliphatic heterocycles. The van der Waals surface area contributed by atoms with Crippen molar-refractivity contribution in [1.82, 2.24) is 5.06 Å². The monoisotopic (exact) mass is 300 g/mol. The van der Waals surface area contributed by atoms with Crippen molar-refractivity contribution < 1.29 is 19.5 Å². The van der Waals surface area contributed by atoms with E-state index < -0.39 is 16.5 Å². The molecule has 1 fully saturated rings. The van der Waals surface area contributed by atoms with Crippen molar-refractivity contribution in [3.63, 3.8) is 0 Å². The fraction of sp³-hybridized carbons (Fsp3) is 0.938. The Hall–Kier alpha value is -0.650. The van der Waals surface area contributed by atoms with E-state index in [1.54, 1.807) is 0 Å². The summed E-state index contributed by atoms with van der Waals surface area (Å²) in [5.74, 6) is -0.258. The van der Waals surface area contributed by atoms with Gasteiger partial charge in [-0.25, -0.2) is 0 Å². The van der Waals surface area contributed by atoms with Gasteiger partial charge in [0.25, 0.3) is 0 Å². The Morgan fingerprint density at radius 2 is 1.67 bits per heavy atom. The summed E-state index contributed by atoms with van der Waals surface area (Å²) in [4.78, 5) is 12.3. The molecule has 1 heterocycles. The van der Waals surface area contributed by atoms with Crippen LogP contribution in [0.15, 0.2) is 0 Å². The smallest absolute Gasteiger partial charge is 0.314 e. The molecule has 5 heteroatoms. The largest absolute Gasteiger partial charge is 0.462 e. The number of rotatable bonds is 5. The molecule has 0 saturated carbocycles. The van der Waals surface area contributed by atoms with Gasteiger partial charge in [0, 0.05) is 30.5 Å². The van der Waals surface area contributed by atoms with E-state index in [2.05, 4.69) is 0 Å². The van der Waals surface area contributed by atoms with Gasteiger partial charge in [0.2, 0.25) is 0 Å². The number of hydrogen-bond acceptors (Lipinski definition) is 4. The lowest BCUT2D eigenvalue weighted by molar-refractivity contribution is -0.300. The number of esters is 1. The van der Waals surface area contributed by atoms with Crippen LogP contribution in [0.3, 0.4) is 0 Å². The fourth-order valence-corrected chi connectivity index (χ4v) is 2.98. The lowest BCUT2D eigenvalue weighted by Gasteiger charge is -2.49. The lowest BCUT2D eigenvalue weighted by atomic mass is 9.80. The number of hydrogen-bond donors (Lipinski definition) is 0. The minimum atomic E-state index is -0.668. The zero-order valence-electron chi connectivity index (χ0n) is 14.5. The van der Waals surface area contributed by atoms with Crippen molar-refractivity contribution in [2.45, 2.75) is 78.5 Å². The topological polar surface area (TPSA) is 58.7 Å². The van der Waals surface area contributed by atoms with Crippen molar-refractivity contribution in [1.29, 1.82) is 0 Å². The lowest BCUT2D eigenvalue weighted by Crippen LogP contribution is -2.60. The standard InChI is InChI=1S/C16H30NO4/c1-8-20-11-14(2,3)13(18)21-12-9-15(4,5)17(19)16(6,7)10-12/h12H,8-11H2,1-7H3. The van der Waals surface area contributed by atoms with E-state index in [9.17, 15) is 10.0 Å². The SMILES string of the molecule is CCOCC(C)(C)C(=O)OC1CC(C)(C)N([O])C(C)(C)C1. The van der Waals surface area contributed by atoms with Gasteiger partial charge in [0.1, 0.15) is 6.10 Å². The van der Waals surface area contributed by atoms with Crippen LogP contribution in [0.25, 0.3) is 0 Å². The van der Waals surface area contributed by atoms with Crippen LogP contribution in [0.5, 0.6) is 0 Å². The van der Waals surface area contributed by atoms with Crippen LogP contribution in [-0.2, 0) is 19.5 Å². The Bertz CT molecular complexity index is 358. The summed E-state index contributed by atoms with van der Waals surface area (Å²) in [5.41, 5.74) is -1.73. The highest BCUT2D eigenvalue weighted by molar-refractivity contribution is 5.76. The summed E-state index contributed by atoms with van der Waals surface area (Å²) >= 11 is 0. The van der Waals surface area contributed by atoms with Gasteiger partial charge in [-0.1, -0.05) is 0 Å². The third-order valence-electron chi connectivity index (χ3n) is 4.05. The molecule has 1 rings (SSSR count). The van der Waals surface area contributed by atoms with Crippen LogP contribution in [0.1, 0.15) is 61.3 Å². The zero-order valence-corrected chi connectivity index (χ0v) is 14.5. The maximum atomic E-state index is 12.3. The van der Waals surface area contributed by atoms with Gasteiger partial charge in [-0.2, -0.15) is 0 Å². The molecule has 123 valence electrons. The van der Waals surface area contributed by atoms with E-state index in [1.807, 2.05) is 48.5 Å². The molecule has 0 bridgehead atoms. The molecule has 0 atom stereocenters. The molecule has 0 N–H and O–H groups in total. The Balaban J connectivity index is 2.73. The second-order valence-corrected chi connectivity index (χ2v) is 7.88. The molecule has 0 aliphatic carbocycles. The number of carbonyl (C=O) groups excluding carboxylic acids is 1. The third-order valence-corrected chi connectivity index (χ3v) is 4.05. The van der Waals surface area contributed by atoms with Crippen molar-refractivity contribution >= 4 is 5.97 Å². The molecular formula is C16H30NO4. The number of carbonyl (C=O) groups is 1. The third kappa shape index (κ3) is 4.41. The first-order valence-electron chi connectivity index (χ1n) is 7.69. The van der Waals surface area contributed by atoms with E-state index in [-0.39, 0.29) is 12.1 Å². The molecule has 0 unspecified atom stereocenters. The van der Waals surface area contributed by atoms with E-state index in [1.165, 1.54) is 0 Å². The second-order valence-electron chi connectivity index (χ2n) is 7.88. The highest BCUT2D eigenvalue weighted by Crippen LogP contribution is 2.38. The van der Waals surface area contributed by atoms with Crippen molar-refractivity contribution in [2.24, 2.45) is 5.41 Å². The molecule has 0 aromatic rings. The van der Waals surface area contributed by atoms with Crippen molar-refractivity contribution in [3.05, 3.63) is 0 Å². The number of piperidine rings is 1. The Labute approximate surface area is 128 Å². The van der Waals surface area contributed by atoms with Gasteiger partial charge in [-0.05, 0) is 48.5 Å². The fourth-order valence-electron chi connectivity index (χ4n) is 2.98. The molecule has 0 aromatic heterocycles. The predicted octanol–water partition coefficient (Wildman–Crippen LogP) is 2.96. The van der Waals surface area contributed by atoms with Gasteiger partial charge >= 0.3 is 5.97 Å². The van der Waals surface area contributed by atoms with E-state index in [0.717, 1.165) is 5.06 Å². The molecule has 21 heavy (non-hydrogen) atoms. The van der Waals surface area contributed by atoms with Crippen molar-refractivity contribution in [3.8, 4) is 0 Å². The Morgan fingerprint density at radius 3 is 2.10 bits per heavy atom. The number of hydroxylamine groups is 2. The minimum absolute atomic E-state index is 0.228. The predicted molar refractivity (Wildman–Crippen MR) is 80.1 cm³/mol. The summed E-state index contributed by atoms with van der Waals surface area (Å²) in [6, 6.07) is 0. The van der Waals surface area contributed by atoms with Gasteiger partial charge in [-0.3, -0.25) is 4.79 Å². The van der Waals surface area contributed by atoms with Gasteiger partial charge in [0.15, 0.2) is 0 Å². The van der Waals surface area contributed by atoms with Crippen LogP contribution >= 0.6 is 0 Å². The quantitative estimate of drug-likeness (QED) is 0.732. The molecule has 1 radical (unpaired) electrons. The van der Waals surface area contributed by atoms with Crippen LogP contribution in [0, 0.1) is 5.41 Å². The Morgan fingerprint density at radius 1 is 1.19 bits per heavy atom. The summed E-state index contributed by atoms with van der Waals surface area (Å²) in [5, 5.41) is 13.4. The summed E-state index contributed by atoms with van der Waals surface area (Å²) in [7, 11) is 0. The minimum Gasteiger partial charge on any atom is -0.462 e.